The van der Waals surface area contributed by atoms with Crippen LogP contribution in [0.4, 0.5) is 0 Å². The van der Waals surface area contributed by atoms with E-state index in [-0.39, 0.29) is 11.8 Å². The molecule has 0 aliphatic carbocycles. The van der Waals surface area contributed by atoms with Crippen LogP contribution in [-0.4, -0.2) is 27.5 Å². The van der Waals surface area contributed by atoms with Crippen molar-refractivity contribution in [2.75, 3.05) is 6.54 Å². The maximum absolute atomic E-state index is 12.1. The van der Waals surface area contributed by atoms with Crippen LogP contribution < -0.4 is 0 Å². The number of aromatic nitrogens is 2. The summed E-state index contributed by atoms with van der Waals surface area (Å²) >= 11 is 0. The molecule has 104 valence electrons. The Morgan fingerprint density at radius 3 is 2.85 bits per heavy atom. The molecule has 0 bridgehead atoms. The monoisotopic (exact) mass is 271 g/mol. The lowest BCUT2D eigenvalue weighted by Gasteiger charge is -2.15. The Labute approximate surface area is 117 Å². The second-order valence-corrected chi connectivity index (χ2v) is 5.06. The SMILES string of the molecule is CCc1noc(C2CC(=O)N(Cc3ccccc3)C2)n1. The van der Waals surface area contributed by atoms with Gasteiger partial charge in [-0.15, -0.1) is 0 Å². The van der Waals surface area contributed by atoms with Crippen LogP contribution in [0.1, 0.15) is 36.5 Å². The zero-order valence-electron chi connectivity index (χ0n) is 11.5. The summed E-state index contributed by atoms with van der Waals surface area (Å²) < 4.78 is 5.25. The first-order valence-electron chi connectivity index (χ1n) is 6.90. The minimum atomic E-state index is 0.0269. The van der Waals surface area contributed by atoms with Gasteiger partial charge in [-0.05, 0) is 5.56 Å². The van der Waals surface area contributed by atoms with E-state index in [2.05, 4.69) is 10.1 Å². The smallest absolute Gasteiger partial charge is 0.232 e. The van der Waals surface area contributed by atoms with Gasteiger partial charge in [0.2, 0.25) is 11.8 Å². The zero-order valence-corrected chi connectivity index (χ0v) is 11.5. The number of hydrogen-bond acceptors (Lipinski definition) is 4. The van der Waals surface area contributed by atoms with E-state index in [4.69, 9.17) is 4.52 Å². The standard InChI is InChI=1S/C15H17N3O2/c1-2-13-16-15(20-17-13)12-8-14(19)18(10-12)9-11-6-4-3-5-7-11/h3-7,12H,2,8-10H2,1H3. The summed E-state index contributed by atoms with van der Waals surface area (Å²) in [7, 11) is 0. The Morgan fingerprint density at radius 1 is 1.35 bits per heavy atom. The number of hydrogen-bond donors (Lipinski definition) is 0. The van der Waals surface area contributed by atoms with Gasteiger partial charge in [-0.3, -0.25) is 4.79 Å². The third kappa shape index (κ3) is 2.57. The summed E-state index contributed by atoms with van der Waals surface area (Å²) in [6.07, 6.45) is 1.20. The molecule has 1 aromatic carbocycles. The average molecular weight is 271 g/mol. The third-order valence-corrected chi connectivity index (χ3v) is 3.58. The number of aryl methyl sites for hydroxylation is 1. The summed E-state index contributed by atoms with van der Waals surface area (Å²) in [5, 5.41) is 3.90. The molecule has 20 heavy (non-hydrogen) atoms. The topological polar surface area (TPSA) is 59.2 Å². The molecule has 0 spiro atoms. The summed E-state index contributed by atoms with van der Waals surface area (Å²) in [5.74, 6) is 1.47. The van der Waals surface area contributed by atoms with Gasteiger partial charge in [0.05, 0.1) is 5.92 Å². The predicted octanol–water partition coefficient (Wildman–Crippen LogP) is 2.15. The number of likely N-dealkylation sites (tertiary alicyclic amines) is 1. The number of carbonyl (C=O) groups excluding carboxylic acids is 1. The molecular formula is C15H17N3O2. The first kappa shape index (κ1) is 12.8. The molecule has 1 aliphatic heterocycles. The van der Waals surface area contributed by atoms with Gasteiger partial charge in [0.25, 0.3) is 0 Å². The number of rotatable bonds is 4. The quantitative estimate of drug-likeness (QED) is 0.855. The van der Waals surface area contributed by atoms with Crippen molar-refractivity contribution in [1.29, 1.82) is 0 Å². The molecule has 1 amide bonds. The van der Waals surface area contributed by atoms with Gasteiger partial charge in [0.15, 0.2) is 5.82 Å². The fourth-order valence-corrected chi connectivity index (χ4v) is 2.47. The highest BCUT2D eigenvalue weighted by Gasteiger charge is 2.34. The lowest BCUT2D eigenvalue weighted by atomic mass is 10.1. The van der Waals surface area contributed by atoms with E-state index < -0.39 is 0 Å². The lowest BCUT2D eigenvalue weighted by Crippen LogP contribution is -2.24. The van der Waals surface area contributed by atoms with Crippen molar-refractivity contribution in [2.24, 2.45) is 0 Å². The van der Waals surface area contributed by atoms with Crippen molar-refractivity contribution in [3.05, 3.63) is 47.6 Å². The first-order chi connectivity index (χ1) is 9.76. The third-order valence-electron chi connectivity index (χ3n) is 3.58. The molecule has 1 fully saturated rings. The second kappa shape index (κ2) is 5.45. The second-order valence-electron chi connectivity index (χ2n) is 5.06. The molecule has 1 aromatic heterocycles. The molecule has 0 N–H and O–H groups in total. The fourth-order valence-electron chi connectivity index (χ4n) is 2.47. The first-order valence-corrected chi connectivity index (χ1v) is 6.90. The van der Waals surface area contributed by atoms with Crippen LogP contribution in [-0.2, 0) is 17.8 Å². The molecule has 1 aliphatic rings. The highest BCUT2D eigenvalue weighted by Crippen LogP contribution is 2.28. The van der Waals surface area contributed by atoms with Gasteiger partial charge >= 0.3 is 0 Å². The Morgan fingerprint density at radius 2 is 2.15 bits per heavy atom. The van der Waals surface area contributed by atoms with Crippen LogP contribution in [0.2, 0.25) is 0 Å². The Kier molecular flexibility index (Phi) is 3.50. The molecule has 0 saturated carbocycles. The summed E-state index contributed by atoms with van der Waals surface area (Å²) in [4.78, 5) is 18.3. The minimum Gasteiger partial charge on any atom is -0.339 e. The van der Waals surface area contributed by atoms with Gasteiger partial charge in [-0.25, -0.2) is 0 Å². The highest BCUT2D eigenvalue weighted by molar-refractivity contribution is 5.79. The van der Waals surface area contributed by atoms with Gasteiger partial charge in [-0.2, -0.15) is 4.98 Å². The van der Waals surface area contributed by atoms with E-state index in [0.29, 0.717) is 31.2 Å². The van der Waals surface area contributed by atoms with Gasteiger partial charge in [-0.1, -0.05) is 42.4 Å². The van der Waals surface area contributed by atoms with E-state index in [0.717, 1.165) is 12.0 Å². The molecule has 3 rings (SSSR count). The Bertz CT molecular complexity index is 594. The summed E-state index contributed by atoms with van der Waals surface area (Å²) in [5.41, 5.74) is 1.14. The Balaban J connectivity index is 1.69. The van der Waals surface area contributed by atoms with Crippen LogP contribution >= 0.6 is 0 Å². The maximum Gasteiger partial charge on any atom is 0.232 e. The molecule has 2 heterocycles. The molecule has 0 radical (unpaired) electrons. The highest BCUT2D eigenvalue weighted by atomic mass is 16.5. The molecule has 5 nitrogen and oxygen atoms in total. The fraction of sp³-hybridized carbons (Fsp3) is 0.400. The normalized spacial score (nSPS) is 18.8. The molecule has 5 heteroatoms. The van der Waals surface area contributed by atoms with E-state index >= 15 is 0 Å². The Hall–Kier alpha value is -2.17. The maximum atomic E-state index is 12.1. The van der Waals surface area contributed by atoms with Gasteiger partial charge < -0.3 is 9.42 Å². The van der Waals surface area contributed by atoms with Crippen LogP contribution in [0.15, 0.2) is 34.9 Å². The summed E-state index contributed by atoms with van der Waals surface area (Å²) in [6, 6.07) is 10.0. The van der Waals surface area contributed by atoms with Crippen LogP contribution in [0.5, 0.6) is 0 Å². The van der Waals surface area contributed by atoms with Crippen molar-refractivity contribution in [3.8, 4) is 0 Å². The number of carbonyl (C=O) groups is 1. The van der Waals surface area contributed by atoms with E-state index in [9.17, 15) is 4.79 Å². The molecular weight excluding hydrogens is 254 g/mol. The predicted molar refractivity (Wildman–Crippen MR) is 72.9 cm³/mol. The number of benzene rings is 1. The van der Waals surface area contributed by atoms with E-state index in [1.807, 2.05) is 42.2 Å². The van der Waals surface area contributed by atoms with Crippen molar-refractivity contribution < 1.29 is 9.32 Å². The lowest BCUT2D eigenvalue weighted by molar-refractivity contribution is -0.128. The van der Waals surface area contributed by atoms with Crippen molar-refractivity contribution in [1.82, 2.24) is 15.0 Å². The van der Waals surface area contributed by atoms with E-state index in [1.165, 1.54) is 0 Å². The molecule has 1 saturated heterocycles. The number of amides is 1. The molecule has 1 unspecified atom stereocenters. The molecule has 2 aromatic rings. The van der Waals surface area contributed by atoms with Crippen LogP contribution in [0.25, 0.3) is 0 Å². The van der Waals surface area contributed by atoms with Crippen LogP contribution in [0, 0.1) is 0 Å². The van der Waals surface area contributed by atoms with Crippen molar-refractivity contribution in [2.45, 2.75) is 32.2 Å². The minimum absolute atomic E-state index is 0.0269. The van der Waals surface area contributed by atoms with Gasteiger partial charge in [0, 0.05) is 25.9 Å². The van der Waals surface area contributed by atoms with Crippen molar-refractivity contribution in [3.63, 3.8) is 0 Å². The largest absolute Gasteiger partial charge is 0.339 e. The van der Waals surface area contributed by atoms with E-state index in [1.54, 1.807) is 0 Å². The van der Waals surface area contributed by atoms with Crippen LogP contribution in [0.3, 0.4) is 0 Å². The average Bonchev–Trinajstić information content (AvgIpc) is 3.07. The van der Waals surface area contributed by atoms with Crippen molar-refractivity contribution >= 4 is 5.91 Å². The summed E-state index contributed by atoms with van der Waals surface area (Å²) in [6.45, 7) is 3.28. The molecule has 1 atom stereocenters. The zero-order chi connectivity index (χ0) is 13.9. The number of nitrogens with zero attached hydrogens (tertiary/aromatic N) is 3. The van der Waals surface area contributed by atoms with Gasteiger partial charge in [0.1, 0.15) is 0 Å².